The summed E-state index contributed by atoms with van der Waals surface area (Å²) < 4.78 is 21.8. The molecule has 1 heterocycles. The Morgan fingerprint density at radius 3 is 2.20 bits per heavy atom. The van der Waals surface area contributed by atoms with Gasteiger partial charge in [0.15, 0.2) is 0 Å². The zero-order valence-corrected chi connectivity index (χ0v) is 20.0. The average molecular weight is 471 g/mol. The molecule has 0 N–H and O–H groups in total. The monoisotopic (exact) mass is 470 g/mol. The van der Waals surface area contributed by atoms with Crippen LogP contribution in [0.2, 0.25) is 0 Å². The molecule has 6 nitrogen and oxygen atoms in total. The predicted molar refractivity (Wildman–Crippen MR) is 135 cm³/mol. The molecule has 0 saturated carbocycles. The normalized spacial score (nSPS) is 11.5. The maximum Gasteiger partial charge on any atom is 0.336 e. The predicted octanol–water partition coefficient (Wildman–Crippen LogP) is 6.51. The van der Waals surface area contributed by atoms with Crippen LogP contribution in [0.1, 0.15) is 31.9 Å². The number of hydrogen-bond acceptors (Lipinski definition) is 6. The van der Waals surface area contributed by atoms with E-state index in [0.29, 0.717) is 11.1 Å². The van der Waals surface area contributed by atoms with Crippen molar-refractivity contribution in [3.63, 3.8) is 0 Å². The summed E-state index contributed by atoms with van der Waals surface area (Å²) in [7, 11) is 1.59. The van der Waals surface area contributed by atoms with E-state index in [9.17, 15) is 9.59 Å². The van der Waals surface area contributed by atoms with E-state index in [4.69, 9.17) is 18.6 Å². The van der Waals surface area contributed by atoms with Crippen molar-refractivity contribution in [2.24, 2.45) is 0 Å². The molecule has 3 aromatic carbocycles. The SMILES string of the molecule is COc1ccc(C=CC(=O)Oc2ccc3c(=O)c(Oc4ccc(C(C)(C)C)cc4)coc3c2)cc1. The van der Waals surface area contributed by atoms with Gasteiger partial charge in [0, 0.05) is 12.1 Å². The van der Waals surface area contributed by atoms with Crippen LogP contribution in [-0.4, -0.2) is 13.1 Å². The lowest BCUT2D eigenvalue weighted by Crippen LogP contribution is -2.10. The highest BCUT2D eigenvalue weighted by Crippen LogP contribution is 2.27. The van der Waals surface area contributed by atoms with Crippen LogP contribution in [-0.2, 0) is 10.2 Å². The standard InChI is InChI=1S/C29H26O6/c1-29(2,3)20-8-12-22(13-9-20)34-26-18-33-25-17-23(14-15-24(25)28(26)31)35-27(30)16-7-19-5-10-21(32-4)11-6-19/h5-18H,1-4H3. The van der Waals surface area contributed by atoms with Gasteiger partial charge in [-0.3, -0.25) is 4.79 Å². The Hall–Kier alpha value is -4.32. The molecule has 0 unspecified atom stereocenters. The lowest BCUT2D eigenvalue weighted by atomic mass is 9.87. The molecule has 35 heavy (non-hydrogen) atoms. The van der Waals surface area contributed by atoms with Gasteiger partial charge in [-0.05, 0) is 59.0 Å². The van der Waals surface area contributed by atoms with E-state index in [1.54, 1.807) is 37.5 Å². The Morgan fingerprint density at radius 2 is 1.54 bits per heavy atom. The van der Waals surface area contributed by atoms with Crippen molar-refractivity contribution in [3.05, 3.63) is 100 Å². The highest BCUT2D eigenvalue weighted by atomic mass is 16.5. The second kappa shape index (κ2) is 9.89. The molecule has 0 aliphatic heterocycles. The van der Waals surface area contributed by atoms with Gasteiger partial charge in [0.2, 0.25) is 11.2 Å². The second-order valence-corrected chi connectivity index (χ2v) is 8.99. The molecule has 0 amide bonds. The van der Waals surface area contributed by atoms with Crippen molar-refractivity contribution in [1.82, 2.24) is 0 Å². The molecule has 0 aliphatic rings. The Bertz CT molecular complexity index is 1420. The second-order valence-electron chi connectivity index (χ2n) is 8.99. The molecule has 0 fully saturated rings. The highest BCUT2D eigenvalue weighted by Gasteiger charge is 2.14. The van der Waals surface area contributed by atoms with Crippen LogP contribution in [0.25, 0.3) is 17.0 Å². The number of hydrogen-bond donors (Lipinski definition) is 0. The van der Waals surface area contributed by atoms with Gasteiger partial charge in [0.25, 0.3) is 0 Å². The van der Waals surface area contributed by atoms with Crippen LogP contribution >= 0.6 is 0 Å². The number of rotatable bonds is 6. The van der Waals surface area contributed by atoms with E-state index in [1.807, 2.05) is 36.4 Å². The number of esters is 1. The third-order valence-electron chi connectivity index (χ3n) is 5.41. The minimum atomic E-state index is -0.554. The maximum atomic E-state index is 12.9. The van der Waals surface area contributed by atoms with Crippen molar-refractivity contribution >= 4 is 23.0 Å². The van der Waals surface area contributed by atoms with E-state index in [2.05, 4.69) is 20.8 Å². The number of methoxy groups -OCH3 is 1. The van der Waals surface area contributed by atoms with Gasteiger partial charge in [-0.25, -0.2) is 4.79 Å². The summed E-state index contributed by atoms with van der Waals surface area (Å²) in [4.78, 5) is 25.1. The molecule has 0 spiro atoms. The van der Waals surface area contributed by atoms with Crippen molar-refractivity contribution in [2.75, 3.05) is 7.11 Å². The minimum absolute atomic E-state index is 0.0210. The van der Waals surface area contributed by atoms with E-state index in [0.717, 1.165) is 16.9 Å². The fourth-order valence-electron chi connectivity index (χ4n) is 3.40. The molecule has 0 aliphatic carbocycles. The zero-order valence-electron chi connectivity index (χ0n) is 20.0. The number of carbonyl (C=O) groups is 1. The van der Waals surface area contributed by atoms with Gasteiger partial charge in [-0.2, -0.15) is 0 Å². The van der Waals surface area contributed by atoms with Crippen molar-refractivity contribution in [3.8, 4) is 23.0 Å². The van der Waals surface area contributed by atoms with Crippen molar-refractivity contribution in [1.29, 1.82) is 0 Å². The Morgan fingerprint density at radius 1 is 0.886 bits per heavy atom. The Kier molecular flexibility index (Phi) is 6.73. The smallest absolute Gasteiger partial charge is 0.336 e. The molecular formula is C29H26O6. The minimum Gasteiger partial charge on any atom is -0.497 e. The van der Waals surface area contributed by atoms with Gasteiger partial charge in [0.1, 0.15) is 29.1 Å². The lowest BCUT2D eigenvalue weighted by Gasteiger charge is -2.19. The fourth-order valence-corrected chi connectivity index (χ4v) is 3.40. The Labute approximate surface area is 203 Å². The molecule has 0 bridgehead atoms. The first-order chi connectivity index (χ1) is 16.7. The van der Waals surface area contributed by atoms with Crippen molar-refractivity contribution in [2.45, 2.75) is 26.2 Å². The van der Waals surface area contributed by atoms with Crippen LogP contribution in [0.15, 0.2) is 88.3 Å². The Balaban J connectivity index is 1.47. The average Bonchev–Trinajstić information content (AvgIpc) is 2.84. The van der Waals surface area contributed by atoms with E-state index in [1.165, 1.54) is 18.4 Å². The number of ether oxygens (including phenoxy) is 3. The highest BCUT2D eigenvalue weighted by molar-refractivity contribution is 5.89. The van der Waals surface area contributed by atoms with Crippen LogP contribution in [0.5, 0.6) is 23.0 Å². The summed E-state index contributed by atoms with van der Waals surface area (Å²) in [6.45, 7) is 6.39. The van der Waals surface area contributed by atoms with E-state index >= 15 is 0 Å². The summed E-state index contributed by atoms with van der Waals surface area (Å²) in [6.07, 6.45) is 4.22. The first kappa shape index (κ1) is 23.8. The van der Waals surface area contributed by atoms with Gasteiger partial charge in [-0.15, -0.1) is 0 Å². The number of benzene rings is 3. The molecule has 6 heteroatoms. The maximum absolute atomic E-state index is 12.9. The third kappa shape index (κ3) is 5.79. The zero-order chi connectivity index (χ0) is 25.0. The van der Waals surface area contributed by atoms with E-state index < -0.39 is 5.97 Å². The first-order valence-corrected chi connectivity index (χ1v) is 11.1. The molecule has 0 radical (unpaired) electrons. The van der Waals surface area contributed by atoms with Crippen LogP contribution in [0.4, 0.5) is 0 Å². The largest absolute Gasteiger partial charge is 0.497 e. The van der Waals surface area contributed by atoms with Gasteiger partial charge in [0.05, 0.1) is 12.5 Å². The lowest BCUT2D eigenvalue weighted by molar-refractivity contribution is -0.128. The summed E-state index contributed by atoms with van der Waals surface area (Å²) >= 11 is 0. The van der Waals surface area contributed by atoms with Crippen molar-refractivity contribution < 1.29 is 23.4 Å². The van der Waals surface area contributed by atoms with Gasteiger partial charge >= 0.3 is 5.97 Å². The quantitative estimate of drug-likeness (QED) is 0.182. The first-order valence-electron chi connectivity index (χ1n) is 11.1. The summed E-state index contributed by atoms with van der Waals surface area (Å²) in [5.74, 6) is 1.05. The number of fused-ring (bicyclic) bond motifs is 1. The van der Waals surface area contributed by atoms with Crippen LogP contribution in [0, 0.1) is 0 Å². The third-order valence-corrected chi connectivity index (χ3v) is 5.41. The summed E-state index contributed by atoms with van der Waals surface area (Å²) in [6, 6.07) is 19.4. The molecule has 0 saturated heterocycles. The fraction of sp³-hybridized carbons (Fsp3) is 0.172. The molecule has 1 aromatic heterocycles. The molecule has 0 atom stereocenters. The molecule has 4 rings (SSSR count). The molecule has 178 valence electrons. The molecular weight excluding hydrogens is 444 g/mol. The summed E-state index contributed by atoms with van der Waals surface area (Å²) in [5.41, 5.74) is 1.98. The van der Waals surface area contributed by atoms with E-state index in [-0.39, 0.29) is 27.9 Å². The topological polar surface area (TPSA) is 75.0 Å². The van der Waals surface area contributed by atoms with Crippen LogP contribution < -0.4 is 19.6 Å². The van der Waals surface area contributed by atoms with Gasteiger partial charge < -0.3 is 18.6 Å². The van der Waals surface area contributed by atoms with Crippen LogP contribution in [0.3, 0.4) is 0 Å². The number of carbonyl (C=O) groups excluding carboxylic acids is 1. The molecule has 4 aromatic rings. The summed E-state index contributed by atoms with van der Waals surface area (Å²) in [5, 5.41) is 0.322. The van der Waals surface area contributed by atoms with Gasteiger partial charge in [-0.1, -0.05) is 45.0 Å².